The number of rotatable bonds is 0. The molecule has 2 aliphatic heterocycles. The highest BCUT2D eigenvalue weighted by molar-refractivity contribution is 5.19. The molecule has 1 atom stereocenters. The highest BCUT2D eigenvalue weighted by Crippen LogP contribution is 2.41. The van der Waals surface area contributed by atoms with Crippen LogP contribution in [0.25, 0.3) is 0 Å². The topological polar surface area (TPSA) is 21.7 Å². The maximum Gasteiger partial charge on any atom is 0.189 e. The third-order valence-electron chi connectivity index (χ3n) is 3.66. The predicted molar refractivity (Wildman–Crippen MR) is 52.7 cm³/mol. The van der Waals surface area contributed by atoms with Gasteiger partial charge in [0, 0.05) is 31.6 Å². The highest BCUT2D eigenvalue weighted by atomic mass is 16.7. The molecule has 2 heterocycles. The van der Waals surface area contributed by atoms with Gasteiger partial charge in [-0.3, -0.25) is 0 Å². The number of likely N-dealkylation sites (tertiary alicyclic amines) is 1. The third-order valence-corrected chi connectivity index (χ3v) is 3.66. The van der Waals surface area contributed by atoms with Crippen molar-refractivity contribution < 1.29 is 9.47 Å². The maximum absolute atomic E-state index is 5.71. The van der Waals surface area contributed by atoms with Gasteiger partial charge in [0.2, 0.25) is 0 Å². The minimum atomic E-state index is -0.357. The van der Waals surface area contributed by atoms with Crippen LogP contribution < -0.4 is 0 Å². The summed E-state index contributed by atoms with van der Waals surface area (Å²) in [6, 6.07) is 0. The average Bonchev–Trinajstić information content (AvgIpc) is 2.77. The van der Waals surface area contributed by atoms with Crippen molar-refractivity contribution in [3.63, 3.8) is 0 Å². The van der Waals surface area contributed by atoms with Gasteiger partial charge in [-0.2, -0.15) is 0 Å². The van der Waals surface area contributed by atoms with E-state index in [0.717, 1.165) is 25.6 Å². The first-order chi connectivity index (χ1) is 6.79. The molecule has 0 aromatic carbocycles. The smallest absolute Gasteiger partial charge is 0.189 e. The minimum Gasteiger partial charge on any atom is -0.378 e. The molecule has 0 N–H and O–H groups in total. The highest BCUT2D eigenvalue weighted by Gasteiger charge is 2.42. The van der Waals surface area contributed by atoms with Gasteiger partial charge in [0.15, 0.2) is 5.79 Å². The summed E-state index contributed by atoms with van der Waals surface area (Å²) < 4.78 is 11.4. The zero-order valence-electron chi connectivity index (χ0n) is 8.66. The Morgan fingerprint density at radius 1 is 1.36 bits per heavy atom. The Balaban J connectivity index is 1.91. The van der Waals surface area contributed by atoms with E-state index in [4.69, 9.17) is 9.47 Å². The fraction of sp³-hybridized carbons (Fsp3) is 0.818. The first-order valence-corrected chi connectivity index (χ1v) is 5.51. The quantitative estimate of drug-likeness (QED) is 0.582. The van der Waals surface area contributed by atoms with Gasteiger partial charge < -0.3 is 14.4 Å². The molecule has 0 amide bonds. The molecule has 3 nitrogen and oxygen atoms in total. The molecule has 0 aromatic rings. The van der Waals surface area contributed by atoms with Gasteiger partial charge in [0.05, 0.1) is 13.2 Å². The molecule has 0 aromatic heterocycles. The Morgan fingerprint density at radius 3 is 2.93 bits per heavy atom. The molecule has 1 spiro atoms. The van der Waals surface area contributed by atoms with Crippen LogP contribution in [-0.4, -0.2) is 37.5 Å². The fourth-order valence-electron chi connectivity index (χ4n) is 2.83. The molecular formula is C11H17NO2. The first kappa shape index (κ1) is 8.74. The molecule has 0 radical (unpaired) electrons. The summed E-state index contributed by atoms with van der Waals surface area (Å²) in [5.41, 5.74) is 1.44. The Labute approximate surface area is 84.7 Å². The summed E-state index contributed by atoms with van der Waals surface area (Å²) in [5, 5.41) is 0. The number of hydrogen-bond donors (Lipinski definition) is 0. The lowest BCUT2D eigenvalue weighted by Gasteiger charge is -2.32. The molecule has 3 rings (SSSR count). The van der Waals surface area contributed by atoms with E-state index in [2.05, 4.69) is 18.0 Å². The Kier molecular flexibility index (Phi) is 1.86. The first-order valence-electron chi connectivity index (χ1n) is 5.51. The molecule has 2 fully saturated rings. The van der Waals surface area contributed by atoms with Crippen LogP contribution in [0.3, 0.4) is 0 Å². The number of hydrogen-bond acceptors (Lipinski definition) is 3. The Bertz CT molecular complexity index is 268. The number of ether oxygens (including phenoxy) is 2. The van der Waals surface area contributed by atoms with E-state index in [0.29, 0.717) is 0 Å². The molecule has 1 unspecified atom stereocenters. The Hall–Kier alpha value is -0.540. The molecule has 0 bridgehead atoms. The van der Waals surface area contributed by atoms with Crippen molar-refractivity contribution >= 4 is 0 Å². The monoisotopic (exact) mass is 195 g/mol. The van der Waals surface area contributed by atoms with Crippen molar-refractivity contribution in [2.75, 3.05) is 26.8 Å². The van der Waals surface area contributed by atoms with Gasteiger partial charge >= 0.3 is 0 Å². The van der Waals surface area contributed by atoms with E-state index in [1.807, 2.05) is 0 Å². The van der Waals surface area contributed by atoms with Gasteiger partial charge in [-0.05, 0) is 18.9 Å². The summed E-state index contributed by atoms with van der Waals surface area (Å²) in [6.45, 7) is 2.68. The molecule has 14 heavy (non-hydrogen) atoms. The van der Waals surface area contributed by atoms with Crippen LogP contribution in [0.15, 0.2) is 11.8 Å². The van der Waals surface area contributed by atoms with Crippen LogP contribution in [0.4, 0.5) is 0 Å². The van der Waals surface area contributed by atoms with E-state index in [-0.39, 0.29) is 5.79 Å². The van der Waals surface area contributed by atoms with Gasteiger partial charge in [0.1, 0.15) is 0 Å². The molecule has 0 saturated carbocycles. The zero-order chi connectivity index (χ0) is 9.60. The van der Waals surface area contributed by atoms with Gasteiger partial charge in [-0.15, -0.1) is 0 Å². The van der Waals surface area contributed by atoms with Crippen molar-refractivity contribution in [3.05, 3.63) is 11.8 Å². The SMILES string of the molecule is CN1CCC2CCC3(C=C21)OCCO3. The van der Waals surface area contributed by atoms with Gasteiger partial charge in [-0.1, -0.05) is 0 Å². The van der Waals surface area contributed by atoms with Crippen LogP contribution in [0.5, 0.6) is 0 Å². The average molecular weight is 195 g/mol. The maximum atomic E-state index is 5.71. The van der Waals surface area contributed by atoms with E-state index in [1.165, 1.54) is 25.1 Å². The third kappa shape index (κ3) is 1.19. The lowest BCUT2D eigenvalue weighted by atomic mass is 9.89. The lowest BCUT2D eigenvalue weighted by Crippen LogP contribution is -2.33. The Morgan fingerprint density at radius 2 is 2.14 bits per heavy atom. The second-order valence-electron chi connectivity index (χ2n) is 4.52. The second-order valence-corrected chi connectivity index (χ2v) is 4.52. The zero-order valence-corrected chi connectivity index (χ0v) is 8.66. The van der Waals surface area contributed by atoms with E-state index in [9.17, 15) is 0 Å². The summed E-state index contributed by atoms with van der Waals surface area (Å²) in [6.07, 6.45) is 5.78. The van der Waals surface area contributed by atoms with Crippen LogP contribution >= 0.6 is 0 Å². The fourth-order valence-corrected chi connectivity index (χ4v) is 2.83. The summed E-state index contributed by atoms with van der Waals surface area (Å²) in [4.78, 5) is 2.34. The number of nitrogens with zero attached hydrogens (tertiary/aromatic N) is 1. The summed E-state index contributed by atoms with van der Waals surface area (Å²) in [7, 11) is 2.17. The normalized spacial score (nSPS) is 34.8. The van der Waals surface area contributed by atoms with Crippen LogP contribution in [-0.2, 0) is 9.47 Å². The molecule has 2 saturated heterocycles. The largest absolute Gasteiger partial charge is 0.378 e. The van der Waals surface area contributed by atoms with Crippen molar-refractivity contribution in [1.29, 1.82) is 0 Å². The van der Waals surface area contributed by atoms with Crippen molar-refractivity contribution in [2.45, 2.75) is 25.0 Å². The molecule has 3 aliphatic rings. The lowest BCUT2D eigenvalue weighted by molar-refractivity contribution is -0.129. The van der Waals surface area contributed by atoms with Crippen LogP contribution in [0.2, 0.25) is 0 Å². The molecular weight excluding hydrogens is 178 g/mol. The van der Waals surface area contributed by atoms with Crippen molar-refractivity contribution in [3.8, 4) is 0 Å². The standard InChI is InChI=1S/C11H17NO2/c1-12-5-3-9-2-4-11(8-10(9)12)13-6-7-14-11/h8-9H,2-7H2,1H3. The van der Waals surface area contributed by atoms with Crippen LogP contribution in [0, 0.1) is 5.92 Å². The van der Waals surface area contributed by atoms with Crippen molar-refractivity contribution in [1.82, 2.24) is 4.90 Å². The minimum absolute atomic E-state index is 0.357. The number of fused-ring (bicyclic) bond motifs is 1. The van der Waals surface area contributed by atoms with Gasteiger partial charge in [-0.25, -0.2) is 0 Å². The molecule has 1 aliphatic carbocycles. The molecule has 3 heteroatoms. The summed E-state index contributed by atoms with van der Waals surface area (Å²) in [5.74, 6) is 0.406. The summed E-state index contributed by atoms with van der Waals surface area (Å²) >= 11 is 0. The van der Waals surface area contributed by atoms with Gasteiger partial charge in [0.25, 0.3) is 0 Å². The molecule has 78 valence electrons. The van der Waals surface area contributed by atoms with E-state index in [1.54, 1.807) is 0 Å². The number of allylic oxidation sites excluding steroid dienone is 1. The second kappa shape index (κ2) is 2.97. The van der Waals surface area contributed by atoms with Crippen LogP contribution in [0.1, 0.15) is 19.3 Å². The van der Waals surface area contributed by atoms with Crippen molar-refractivity contribution in [2.24, 2.45) is 5.92 Å². The predicted octanol–water partition coefficient (Wildman–Crippen LogP) is 1.36. The van der Waals surface area contributed by atoms with E-state index < -0.39 is 0 Å². The van der Waals surface area contributed by atoms with E-state index >= 15 is 0 Å².